The van der Waals surface area contributed by atoms with E-state index in [-0.39, 0.29) is 17.2 Å². The number of nitrogens with zero attached hydrogens (tertiary/aromatic N) is 2. The maximum Gasteiger partial charge on any atom is 0.317 e. The first-order chi connectivity index (χ1) is 8.86. The molecule has 0 aliphatic rings. The standard InChI is InChI=1S/C12H12N2O4S/c1-7(2)11(12(15)16)19-9-3-4-10(14(17)18)8(5-9)6-13/h3-5,7,11H,1-2H3,(H,15,16). The molecule has 0 aromatic heterocycles. The highest BCUT2D eigenvalue weighted by molar-refractivity contribution is 8.00. The lowest BCUT2D eigenvalue weighted by Gasteiger charge is -2.15. The minimum atomic E-state index is -0.947. The third kappa shape index (κ3) is 3.69. The van der Waals surface area contributed by atoms with Gasteiger partial charge in [-0.3, -0.25) is 14.9 Å². The van der Waals surface area contributed by atoms with Gasteiger partial charge in [0.15, 0.2) is 0 Å². The Labute approximate surface area is 114 Å². The minimum absolute atomic E-state index is 0.0668. The van der Waals surface area contributed by atoms with E-state index in [1.165, 1.54) is 18.2 Å². The lowest BCUT2D eigenvalue weighted by atomic mass is 10.1. The van der Waals surface area contributed by atoms with Crippen molar-refractivity contribution in [2.24, 2.45) is 5.92 Å². The average Bonchev–Trinajstić information content (AvgIpc) is 2.34. The van der Waals surface area contributed by atoms with E-state index in [0.717, 1.165) is 11.8 Å². The van der Waals surface area contributed by atoms with Crippen molar-refractivity contribution >= 4 is 23.4 Å². The first-order valence-electron chi connectivity index (χ1n) is 5.44. The molecular weight excluding hydrogens is 268 g/mol. The molecule has 0 saturated carbocycles. The highest BCUT2D eigenvalue weighted by Gasteiger charge is 2.24. The number of nitro groups is 1. The first kappa shape index (κ1) is 15.0. The van der Waals surface area contributed by atoms with E-state index in [2.05, 4.69) is 0 Å². The van der Waals surface area contributed by atoms with Gasteiger partial charge in [0, 0.05) is 11.0 Å². The smallest absolute Gasteiger partial charge is 0.317 e. The number of thioether (sulfide) groups is 1. The van der Waals surface area contributed by atoms with Gasteiger partial charge in [0.25, 0.3) is 5.69 Å². The van der Waals surface area contributed by atoms with Gasteiger partial charge in [-0.25, -0.2) is 0 Å². The number of nitriles is 1. The largest absolute Gasteiger partial charge is 0.480 e. The van der Waals surface area contributed by atoms with E-state index in [1.807, 2.05) is 0 Å². The van der Waals surface area contributed by atoms with E-state index >= 15 is 0 Å². The molecule has 7 heteroatoms. The summed E-state index contributed by atoms with van der Waals surface area (Å²) in [7, 11) is 0. The van der Waals surface area contributed by atoms with Crippen LogP contribution < -0.4 is 0 Å². The van der Waals surface area contributed by atoms with Gasteiger partial charge in [-0.2, -0.15) is 5.26 Å². The summed E-state index contributed by atoms with van der Waals surface area (Å²) in [6.07, 6.45) is 0. The van der Waals surface area contributed by atoms with Crippen LogP contribution in [-0.2, 0) is 4.79 Å². The Morgan fingerprint density at radius 3 is 2.58 bits per heavy atom. The lowest BCUT2D eigenvalue weighted by molar-refractivity contribution is -0.385. The fourth-order valence-electron chi connectivity index (χ4n) is 1.46. The van der Waals surface area contributed by atoms with E-state index in [1.54, 1.807) is 19.9 Å². The predicted octanol–water partition coefficient (Wildman–Crippen LogP) is 2.67. The topological polar surface area (TPSA) is 104 Å². The maximum atomic E-state index is 11.1. The van der Waals surface area contributed by atoms with Crippen molar-refractivity contribution in [1.82, 2.24) is 0 Å². The van der Waals surface area contributed by atoms with Crippen LogP contribution in [0.4, 0.5) is 5.69 Å². The number of nitro benzene ring substituents is 1. The van der Waals surface area contributed by atoms with Gasteiger partial charge in [0.2, 0.25) is 0 Å². The molecule has 19 heavy (non-hydrogen) atoms. The van der Waals surface area contributed by atoms with Crippen molar-refractivity contribution in [3.05, 3.63) is 33.9 Å². The van der Waals surface area contributed by atoms with E-state index in [4.69, 9.17) is 10.4 Å². The summed E-state index contributed by atoms with van der Waals surface area (Å²) in [6.45, 7) is 3.56. The molecule has 0 saturated heterocycles. The minimum Gasteiger partial charge on any atom is -0.480 e. The van der Waals surface area contributed by atoms with Crippen molar-refractivity contribution in [3.8, 4) is 6.07 Å². The molecule has 0 heterocycles. The molecule has 100 valence electrons. The summed E-state index contributed by atoms with van der Waals surface area (Å²) >= 11 is 1.08. The van der Waals surface area contributed by atoms with Gasteiger partial charge in [-0.15, -0.1) is 11.8 Å². The molecule has 0 amide bonds. The van der Waals surface area contributed by atoms with E-state index in [9.17, 15) is 14.9 Å². The number of hydrogen-bond acceptors (Lipinski definition) is 5. The molecule has 1 aromatic rings. The van der Waals surface area contributed by atoms with Crippen LogP contribution in [-0.4, -0.2) is 21.2 Å². The van der Waals surface area contributed by atoms with Crippen molar-refractivity contribution in [1.29, 1.82) is 5.26 Å². The average molecular weight is 280 g/mol. The number of aliphatic carboxylic acids is 1. The third-order valence-electron chi connectivity index (χ3n) is 2.40. The van der Waals surface area contributed by atoms with E-state index in [0.29, 0.717) is 4.90 Å². The van der Waals surface area contributed by atoms with Crippen molar-refractivity contribution in [2.45, 2.75) is 24.0 Å². The fraction of sp³-hybridized carbons (Fsp3) is 0.333. The molecule has 0 radical (unpaired) electrons. The number of benzene rings is 1. The zero-order valence-electron chi connectivity index (χ0n) is 10.4. The molecular formula is C12H12N2O4S. The second kappa shape index (κ2) is 6.20. The van der Waals surface area contributed by atoms with Gasteiger partial charge in [-0.05, 0) is 18.1 Å². The number of carboxylic acid groups (broad SMARTS) is 1. The second-order valence-electron chi connectivity index (χ2n) is 4.17. The highest BCUT2D eigenvalue weighted by atomic mass is 32.2. The van der Waals surface area contributed by atoms with Crippen molar-refractivity contribution in [3.63, 3.8) is 0 Å². The molecule has 0 fully saturated rings. The number of rotatable bonds is 5. The summed E-state index contributed by atoms with van der Waals surface area (Å²) in [5, 5.41) is 28.0. The van der Waals surface area contributed by atoms with Crippen molar-refractivity contribution in [2.75, 3.05) is 0 Å². The molecule has 0 aliphatic carbocycles. The maximum absolute atomic E-state index is 11.1. The lowest BCUT2D eigenvalue weighted by Crippen LogP contribution is -2.22. The highest BCUT2D eigenvalue weighted by Crippen LogP contribution is 2.31. The van der Waals surface area contributed by atoms with Gasteiger partial charge in [0.1, 0.15) is 16.9 Å². The summed E-state index contributed by atoms with van der Waals surface area (Å²) in [5.41, 5.74) is -0.342. The molecule has 0 spiro atoms. The Morgan fingerprint density at radius 2 is 2.16 bits per heavy atom. The SMILES string of the molecule is CC(C)C(Sc1ccc([N+](=O)[O-])c(C#N)c1)C(=O)O. The summed E-state index contributed by atoms with van der Waals surface area (Å²) in [4.78, 5) is 21.7. The van der Waals surface area contributed by atoms with Crippen LogP contribution in [0.1, 0.15) is 19.4 Å². The third-order valence-corrected chi connectivity index (χ3v) is 3.92. The van der Waals surface area contributed by atoms with Crippen LogP contribution >= 0.6 is 11.8 Å². The normalized spacial score (nSPS) is 11.9. The van der Waals surface area contributed by atoms with Gasteiger partial charge < -0.3 is 5.11 Å². The Morgan fingerprint density at radius 1 is 1.53 bits per heavy atom. The van der Waals surface area contributed by atoms with Gasteiger partial charge in [0.05, 0.1) is 4.92 Å². The predicted molar refractivity (Wildman–Crippen MR) is 69.9 cm³/mol. The summed E-state index contributed by atoms with van der Waals surface area (Å²) < 4.78 is 0. The Balaban J connectivity index is 3.07. The number of carbonyl (C=O) groups is 1. The molecule has 1 aromatic carbocycles. The quantitative estimate of drug-likeness (QED) is 0.505. The molecule has 1 N–H and O–H groups in total. The second-order valence-corrected chi connectivity index (χ2v) is 5.38. The Kier molecular flexibility index (Phi) is 4.89. The number of carboxylic acids is 1. The summed E-state index contributed by atoms with van der Waals surface area (Å²) in [5.74, 6) is -1.04. The molecule has 1 unspecified atom stereocenters. The van der Waals surface area contributed by atoms with Crippen LogP contribution in [0.2, 0.25) is 0 Å². The molecule has 1 rings (SSSR count). The molecule has 6 nitrogen and oxygen atoms in total. The van der Waals surface area contributed by atoms with Crippen LogP contribution in [0.15, 0.2) is 23.1 Å². The monoisotopic (exact) mass is 280 g/mol. The zero-order valence-corrected chi connectivity index (χ0v) is 11.2. The summed E-state index contributed by atoms with van der Waals surface area (Å²) in [6, 6.07) is 5.78. The van der Waals surface area contributed by atoms with Crippen LogP contribution in [0.3, 0.4) is 0 Å². The van der Waals surface area contributed by atoms with Gasteiger partial charge >= 0.3 is 5.97 Å². The van der Waals surface area contributed by atoms with Gasteiger partial charge in [-0.1, -0.05) is 13.8 Å². The van der Waals surface area contributed by atoms with Crippen molar-refractivity contribution < 1.29 is 14.8 Å². The first-order valence-corrected chi connectivity index (χ1v) is 6.32. The Bertz CT molecular complexity index is 551. The molecule has 0 aliphatic heterocycles. The van der Waals surface area contributed by atoms with Crippen LogP contribution in [0.5, 0.6) is 0 Å². The Hall–Kier alpha value is -2.07. The molecule has 0 bridgehead atoms. The number of hydrogen-bond donors (Lipinski definition) is 1. The van der Waals surface area contributed by atoms with Crippen LogP contribution in [0, 0.1) is 27.4 Å². The molecule has 1 atom stereocenters. The van der Waals surface area contributed by atoms with E-state index < -0.39 is 16.1 Å². The fourth-order valence-corrected chi connectivity index (χ4v) is 2.45. The zero-order chi connectivity index (χ0) is 14.6. The van der Waals surface area contributed by atoms with Crippen LogP contribution in [0.25, 0.3) is 0 Å².